The Morgan fingerprint density at radius 3 is 3.10 bits per heavy atom. The summed E-state index contributed by atoms with van der Waals surface area (Å²) in [6.07, 6.45) is -0.101. The number of thiophene rings is 2. The predicted octanol–water partition coefficient (Wildman–Crippen LogP) is 2.37. The Balaban J connectivity index is 1.69. The van der Waals surface area contributed by atoms with Crippen LogP contribution in [-0.4, -0.2) is 49.7 Å². The zero-order valence-corrected chi connectivity index (χ0v) is 13.2. The van der Waals surface area contributed by atoms with E-state index in [4.69, 9.17) is 4.74 Å². The number of ether oxygens (including phenoxy) is 2. The molecule has 3 heterocycles. The first-order valence-electron chi connectivity index (χ1n) is 6.62. The SMILES string of the molecule is COC(=O)CC1CN(C(=O)c2cc3sccc3s2)CCO1. The third-order valence-electron chi connectivity index (χ3n) is 3.40. The van der Waals surface area contributed by atoms with Gasteiger partial charge in [0.15, 0.2) is 0 Å². The highest BCUT2D eigenvalue weighted by Crippen LogP contribution is 2.31. The molecule has 0 radical (unpaired) electrons. The molecular weight excluding hydrogens is 310 g/mol. The molecule has 0 bridgehead atoms. The quantitative estimate of drug-likeness (QED) is 0.813. The summed E-state index contributed by atoms with van der Waals surface area (Å²) < 4.78 is 12.4. The molecule has 0 spiro atoms. The molecule has 112 valence electrons. The molecule has 1 amide bonds. The molecule has 1 saturated heterocycles. The minimum Gasteiger partial charge on any atom is -0.469 e. The van der Waals surface area contributed by atoms with Gasteiger partial charge in [0.1, 0.15) is 0 Å². The van der Waals surface area contributed by atoms with Crippen molar-refractivity contribution < 1.29 is 19.1 Å². The third kappa shape index (κ3) is 3.09. The van der Waals surface area contributed by atoms with E-state index in [-0.39, 0.29) is 24.4 Å². The van der Waals surface area contributed by atoms with Gasteiger partial charge in [-0.25, -0.2) is 0 Å². The fourth-order valence-corrected chi connectivity index (χ4v) is 4.40. The summed E-state index contributed by atoms with van der Waals surface area (Å²) in [5.41, 5.74) is 0. The lowest BCUT2D eigenvalue weighted by Gasteiger charge is -2.32. The molecule has 0 aromatic carbocycles. The van der Waals surface area contributed by atoms with Crippen LogP contribution in [0, 0.1) is 0 Å². The number of hydrogen-bond donors (Lipinski definition) is 0. The van der Waals surface area contributed by atoms with Crippen LogP contribution in [0.25, 0.3) is 9.40 Å². The Labute approximate surface area is 130 Å². The van der Waals surface area contributed by atoms with E-state index in [0.29, 0.717) is 19.7 Å². The highest BCUT2D eigenvalue weighted by atomic mass is 32.1. The smallest absolute Gasteiger partial charge is 0.308 e. The van der Waals surface area contributed by atoms with Crippen molar-refractivity contribution in [2.24, 2.45) is 0 Å². The number of amides is 1. The molecular formula is C14H15NO4S2. The van der Waals surface area contributed by atoms with Crippen molar-refractivity contribution in [1.29, 1.82) is 0 Å². The van der Waals surface area contributed by atoms with E-state index >= 15 is 0 Å². The number of methoxy groups -OCH3 is 1. The van der Waals surface area contributed by atoms with E-state index in [1.54, 1.807) is 16.2 Å². The summed E-state index contributed by atoms with van der Waals surface area (Å²) >= 11 is 3.15. The van der Waals surface area contributed by atoms with Gasteiger partial charge in [0.2, 0.25) is 0 Å². The average Bonchev–Trinajstić information content (AvgIpc) is 3.08. The van der Waals surface area contributed by atoms with E-state index in [0.717, 1.165) is 14.3 Å². The Bertz CT molecular complexity index is 634. The van der Waals surface area contributed by atoms with Gasteiger partial charge in [-0.2, -0.15) is 0 Å². The third-order valence-corrected chi connectivity index (χ3v) is 5.48. The zero-order valence-electron chi connectivity index (χ0n) is 11.5. The van der Waals surface area contributed by atoms with E-state index in [9.17, 15) is 9.59 Å². The van der Waals surface area contributed by atoms with Crippen molar-refractivity contribution in [3.05, 3.63) is 22.4 Å². The lowest BCUT2D eigenvalue weighted by Crippen LogP contribution is -2.46. The topological polar surface area (TPSA) is 55.8 Å². The zero-order chi connectivity index (χ0) is 14.8. The Kier molecular flexibility index (Phi) is 4.23. The summed E-state index contributed by atoms with van der Waals surface area (Å²) in [6, 6.07) is 3.97. The fourth-order valence-electron chi connectivity index (χ4n) is 2.32. The molecule has 5 nitrogen and oxygen atoms in total. The predicted molar refractivity (Wildman–Crippen MR) is 82.0 cm³/mol. The molecule has 0 saturated carbocycles. The van der Waals surface area contributed by atoms with Crippen LogP contribution in [0.4, 0.5) is 0 Å². The lowest BCUT2D eigenvalue weighted by atomic mass is 10.2. The fraction of sp³-hybridized carbons (Fsp3) is 0.429. The summed E-state index contributed by atoms with van der Waals surface area (Å²) in [6.45, 7) is 1.44. The maximum atomic E-state index is 12.5. The minimum absolute atomic E-state index is 0.0153. The molecule has 1 atom stereocenters. The standard InChI is InChI=1S/C14H15NO4S2/c1-18-13(16)6-9-8-15(3-4-19-9)14(17)12-7-11-10(21-12)2-5-20-11/h2,5,7,9H,3-4,6,8H2,1H3. The number of esters is 1. The van der Waals surface area contributed by atoms with Crippen LogP contribution in [0.3, 0.4) is 0 Å². The van der Waals surface area contributed by atoms with Gasteiger partial charge in [0, 0.05) is 22.5 Å². The maximum absolute atomic E-state index is 12.5. The number of morpholine rings is 1. The Morgan fingerprint density at radius 2 is 2.33 bits per heavy atom. The van der Waals surface area contributed by atoms with Crippen LogP contribution in [0.1, 0.15) is 16.1 Å². The largest absolute Gasteiger partial charge is 0.469 e. The molecule has 3 rings (SSSR count). The molecule has 1 unspecified atom stereocenters. The van der Waals surface area contributed by atoms with E-state index in [1.165, 1.54) is 18.4 Å². The summed E-state index contributed by atoms with van der Waals surface area (Å²) in [5.74, 6) is -0.299. The van der Waals surface area contributed by atoms with E-state index in [1.807, 2.05) is 17.5 Å². The second-order valence-electron chi connectivity index (χ2n) is 4.78. The second kappa shape index (κ2) is 6.13. The number of hydrogen-bond acceptors (Lipinski definition) is 6. The van der Waals surface area contributed by atoms with Gasteiger partial charge in [0.05, 0.1) is 31.1 Å². The molecule has 7 heteroatoms. The van der Waals surface area contributed by atoms with Crippen LogP contribution in [0.15, 0.2) is 17.5 Å². The number of nitrogens with zero attached hydrogens (tertiary/aromatic N) is 1. The van der Waals surface area contributed by atoms with Crippen molar-refractivity contribution >= 4 is 43.9 Å². The van der Waals surface area contributed by atoms with E-state index in [2.05, 4.69) is 4.74 Å². The van der Waals surface area contributed by atoms with Gasteiger partial charge in [-0.1, -0.05) is 0 Å². The summed E-state index contributed by atoms with van der Waals surface area (Å²) in [7, 11) is 1.35. The molecule has 1 fully saturated rings. The van der Waals surface area contributed by atoms with Crippen LogP contribution in [0.5, 0.6) is 0 Å². The van der Waals surface area contributed by atoms with E-state index < -0.39 is 0 Å². The maximum Gasteiger partial charge on any atom is 0.308 e. The number of carbonyl (C=O) groups excluding carboxylic acids is 2. The van der Waals surface area contributed by atoms with Crippen LogP contribution in [0.2, 0.25) is 0 Å². The highest BCUT2D eigenvalue weighted by molar-refractivity contribution is 7.27. The first kappa shape index (κ1) is 14.5. The first-order chi connectivity index (χ1) is 10.2. The van der Waals surface area contributed by atoms with Crippen molar-refractivity contribution in [3.8, 4) is 0 Å². The number of rotatable bonds is 3. The highest BCUT2D eigenvalue weighted by Gasteiger charge is 2.27. The van der Waals surface area contributed by atoms with Gasteiger partial charge in [0.25, 0.3) is 5.91 Å². The number of carbonyl (C=O) groups is 2. The summed E-state index contributed by atoms with van der Waals surface area (Å²) in [4.78, 5) is 26.3. The molecule has 2 aromatic heterocycles. The molecule has 21 heavy (non-hydrogen) atoms. The molecule has 2 aromatic rings. The lowest BCUT2D eigenvalue weighted by molar-refractivity contribution is -0.145. The van der Waals surface area contributed by atoms with Crippen LogP contribution >= 0.6 is 22.7 Å². The normalized spacial score (nSPS) is 18.9. The van der Waals surface area contributed by atoms with Crippen LogP contribution in [-0.2, 0) is 14.3 Å². The Hall–Kier alpha value is -1.44. The minimum atomic E-state index is -0.314. The summed E-state index contributed by atoms with van der Waals surface area (Å²) in [5, 5.41) is 2.02. The molecule has 1 aliphatic rings. The first-order valence-corrected chi connectivity index (χ1v) is 8.31. The molecule has 0 N–H and O–H groups in total. The Morgan fingerprint density at radius 1 is 1.48 bits per heavy atom. The number of fused-ring (bicyclic) bond motifs is 1. The van der Waals surface area contributed by atoms with Gasteiger partial charge < -0.3 is 14.4 Å². The molecule has 0 aliphatic carbocycles. The monoisotopic (exact) mass is 325 g/mol. The van der Waals surface area contributed by atoms with Gasteiger partial charge in [-0.15, -0.1) is 22.7 Å². The van der Waals surface area contributed by atoms with Crippen molar-refractivity contribution in [2.45, 2.75) is 12.5 Å². The average molecular weight is 325 g/mol. The van der Waals surface area contributed by atoms with Crippen molar-refractivity contribution in [1.82, 2.24) is 4.90 Å². The van der Waals surface area contributed by atoms with Gasteiger partial charge in [-0.3, -0.25) is 9.59 Å². The van der Waals surface area contributed by atoms with Crippen molar-refractivity contribution in [3.63, 3.8) is 0 Å². The van der Waals surface area contributed by atoms with Gasteiger partial charge >= 0.3 is 5.97 Å². The molecule has 1 aliphatic heterocycles. The van der Waals surface area contributed by atoms with Crippen LogP contribution < -0.4 is 0 Å². The van der Waals surface area contributed by atoms with Gasteiger partial charge in [-0.05, 0) is 17.5 Å². The second-order valence-corrected chi connectivity index (χ2v) is 6.82. The van der Waals surface area contributed by atoms with Crippen molar-refractivity contribution in [2.75, 3.05) is 26.8 Å².